The summed E-state index contributed by atoms with van der Waals surface area (Å²) in [7, 11) is 0. The van der Waals surface area contributed by atoms with E-state index in [-0.39, 0.29) is 48.6 Å². The standard InChI is InChI=1S/C34H57N5O8/c1-10-14-22(26(40)28(42)35-17-18-36-30(44)46-32(2,3)4)37-27(41)25-23-21(34(23,8)9)19-39(25)29(43)24(20-15-12-11-13-16-20)38-31(45)47-33(5,6)7/h20-25H,10-19H2,1-9H3,(H,35,42)(H,36,44)(H,37,41)(H,38,45)/t21?,22?,23?,24?,25-/m0/s1. The fourth-order valence-corrected chi connectivity index (χ4v) is 6.99. The Morgan fingerprint density at radius 3 is 1.98 bits per heavy atom. The summed E-state index contributed by atoms with van der Waals surface area (Å²) in [6, 6.07) is -2.77. The highest BCUT2D eigenvalue weighted by Gasteiger charge is 2.69. The van der Waals surface area contributed by atoms with Crippen LogP contribution >= 0.6 is 0 Å². The normalized spacial score (nSPS) is 23.4. The van der Waals surface area contributed by atoms with Gasteiger partial charge in [-0.05, 0) is 84.0 Å². The molecule has 0 aromatic rings. The second-order valence-corrected chi connectivity index (χ2v) is 15.8. The zero-order valence-corrected chi connectivity index (χ0v) is 29.7. The summed E-state index contributed by atoms with van der Waals surface area (Å²) in [5.74, 6) is -2.59. The molecule has 0 spiro atoms. The summed E-state index contributed by atoms with van der Waals surface area (Å²) in [5, 5.41) is 10.7. The summed E-state index contributed by atoms with van der Waals surface area (Å²) < 4.78 is 10.7. The van der Waals surface area contributed by atoms with Crippen molar-refractivity contribution >= 4 is 35.7 Å². The molecule has 4 N–H and O–H groups in total. The molecule has 3 fully saturated rings. The molecule has 4 unspecified atom stereocenters. The topological polar surface area (TPSA) is 172 Å². The lowest BCUT2D eigenvalue weighted by Gasteiger charge is -2.37. The Kier molecular flexibility index (Phi) is 12.3. The van der Waals surface area contributed by atoms with Crippen LogP contribution in [0.3, 0.4) is 0 Å². The van der Waals surface area contributed by atoms with Crippen molar-refractivity contribution in [3.63, 3.8) is 0 Å². The minimum atomic E-state index is -1.08. The van der Waals surface area contributed by atoms with E-state index >= 15 is 0 Å². The number of rotatable bonds is 12. The van der Waals surface area contributed by atoms with Gasteiger partial charge in [-0.15, -0.1) is 0 Å². The predicted octanol–water partition coefficient (Wildman–Crippen LogP) is 3.44. The van der Waals surface area contributed by atoms with Crippen molar-refractivity contribution in [3.8, 4) is 0 Å². The summed E-state index contributed by atoms with van der Waals surface area (Å²) in [5.41, 5.74) is -1.59. The fraction of sp³-hybridized carbons (Fsp3) is 0.824. The first kappa shape index (κ1) is 38.1. The minimum absolute atomic E-state index is 0.00728. The molecule has 1 heterocycles. The molecule has 266 valence electrons. The Balaban J connectivity index is 1.71. The van der Waals surface area contributed by atoms with E-state index in [4.69, 9.17) is 9.47 Å². The third kappa shape index (κ3) is 10.3. The van der Waals surface area contributed by atoms with Gasteiger partial charge in [0.15, 0.2) is 0 Å². The van der Waals surface area contributed by atoms with Crippen LogP contribution in [0.25, 0.3) is 0 Å². The molecule has 13 nitrogen and oxygen atoms in total. The number of ether oxygens (including phenoxy) is 2. The van der Waals surface area contributed by atoms with Gasteiger partial charge in [-0.3, -0.25) is 19.2 Å². The number of hydrogen-bond donors (Lipinski definition) is 4. The van der Waals surface area contributed by atoms with E-state index in [0.29, 0.717) is 13.0 Å². The SMILES string of the molecule is CCCC(NC(=O)[C@@H]1C2C(CN1C(=O)C(NC(=O)OC(C)(C)C)C1CCCCC1)C2(C)C)C(=O)C(=O)NCCNC(=O)OC(C)(C)C. The predicted molar refractivity (Wildman–Crippen MR) is 175 cm³/mol. The second-order valence-electron chi connectivity index (χ2n) is 15.8. The van der Waals surface area contributed by atoms with E-state index in [1.165, 1.54) is 0 Å². The number of hydrogen-bond acceptors (Lipinski definition) is 8. The first-order valence-electron chi connectivity index (χ1n) is 17.2. The molecule has 2 aliphatic carbocycles. The molecule has 3 aliphatic rings. The number of amides is 5. The molecule has 47 heavy (non-hydrogen) atoms. The molecule has 0 aromatic carbocycles. The Morgan fingerprint density at radius 2 is 1.40 bits per heavy atom. The highest BCUT2D eigenvalue weighted by Crippen LogP contribution is 2.65. The van der Waals surface area contributed by atoms with Gasteiger partial charge >= 0.3 is 12.2 Å². The van der Waals surface area contributed by atoms with Gasteiger partial charge in [0.05, 0.1) is 6.04 Å². The van der Waals surface area contributed by atoms with Crippen molar-refractivity contribution in [2.75, 3.05) is 19.6 Å². The largest absolute Gasteiger partial charge is 0.444 e. The monoisotopic (exact) mass is 663 g/mol. The maximum Gasteiger partial charge on any atom is 0.408 e. The van der Waals surface area contributed by atoms with E-state index in [1.54, 1.807) is 46.4 Å². The lowest BCUT2D eigenvalue weighted by molar-refractivity contribution is -0.145. The van der Waals surface area contributed by atoms with Crippen LogP contribution in [-0.2, 0) is 28.7 Å². The lowest BCUT2D eigenvalue weighted by atomic mass is 9.83. The number of likely N-dealkylation sites (tertiary alicyclic amines) is 1. The Labute approximate surface area is 279 Å². The number of Topliss-reactive ketones (excluding diaryl/α,β-unsaturated/α-hetero) is 1. The molecule has 0 radical (unpaired) electrons. The number of nitrogens with one attached hydrogen (secondary N) is 4. The number of ketones is 1. The lowest BCUT2D eigenvalue weighted by Crippen LogP contribution is -2.60. The number of nitrogens with zero attached hydrogens (tertiary/aromatic N) is 1. The quantitative estimate of drug-likeness (QED) is 0.182. The number of carbonyl (C=O) groups excluding carboxylic acids is 6. The van der Waals surface area contributed by atoms with Crippen LogP contribution in [-0.4, -0.2) is 89.6 Å². The van der Waals surface area contributed by atoms with Crippen LogP contribution in [0.1, 0.15) is 107 Å². The molecule has 3 rings (SSSR count). The van der Waals surface area contributed by atoms with Crippen molar-refractivity contribution in [2.45, 2.75) is 137 Å². The van der Waals surface area contributed by atoms with Crippen LogP contribution in [0.5, 0.6) is 0 Å². The van der Waals surface area contributed by atoms with Crippen molar-refractivity contribution in [3.05, 3.63) is 0 Å². The van der Waals surface area contributed by atoms with Gasteiger partial charge in [0.25, 0.3) is 5.91 Å². The van der Waals surface area contributed by atoms with Crippen LogP contribution in [0.2, 0.25) is 0 Å². The molecular formula is C34H57N5O8. The molecule has 0 bridgehead atoms. The highest BCUT2D eigenvalue weighted by atomic mass is 16.6. The van der Waals surface area contributed by atoms with Crippen molar-refractivity contribution in [2.24, 2.45) is 23.2 Å². The summed E-state index contributed by atoms with van der Waals surface area (Å²) >= 11 is 0. The second kappa shape index (κ2) is 15.2. The number of carbonyl (C=O) groups is 6. The van der Waals surface area contributed by atoms with Gasteiger partial charge in [-0.1, -0.05) is 46.5 Å². The minimum Gasteiger partial charge on any atom is -0.444 e. The smallest absolute Gasteiger partial charge is 0.408 e. The average Bonchev–Trinajstić information content (AvgIpc) is 3.26. The highest BCUT2D eigenvalue weighted by molar-refractivity contribution is 6.38. The van der Waals surface area contributed by atoms with E-state index in [1.807, 2.05) is 6.92 Å². The molecule has 5 amide bonds. The summed E-state index contributed by atoms with van der Waals surface area (Å²) in [6.45, 7) is 16.9. The molecule has 5 atom stereocenters. The van der Waals surface area contributed by atoms with Crippen molar-refractivity contribution in [1.82, 2.24) is 26.2 Å². The third-order valence-electron chi connectivity index (χ3n) is 9.33. The maximum absolute atomic E-state index is 14.3. The zero-order chi connectivity index (χ0) is 35.3. The molecule has 2 saturated carbocycles. The van der Waals surface area contributed by atoms with E-state index in [9.17, 15) is 28.8 Å². The molecule has 1 aliphatic heterocycles. The average molecular weight is 664 g/mol. The molecule has 0 aromatic heterocycles. The first-order valence-corrected chi connectivity index (χ1v) is 17.2. The molecule has 1 saturated heterocycles. The third-order valence-corrected chi connectivity index (χ3v) is 9.33. The summed E-state index contributed by atoms with van der Waals surface area (Å²) in [4.78, 5) is 80.5. The van der Waals surface area contributed by atoms with Crippen molar-refractivity contribution in [1.29, 1.82) is 0 Å². The van der Waals surface area contributed by atoms with E-state index < -0.39 is 59.1 Å². The van der Waals surface area contributed by atoms with Gasteiger partial charge in [0.2, 0.25) is 17.6 Å². The van der Waals surface area contributed by atoms with Crippen LogP contribution in [0.15, 0.2) is 0 Å². The van der Waals surface area contributed by atoms with Crippen LogP contribution in [0, 0.1) is 23.2 Å². The number of fused-ring (bicyclic) bond motifs is 1. The number of alkyl carbamates (subject to hydrolysis) is 2. The van der Waals surface area contributed by atoms with E-state index in [0.717, 1.165) is 32.1 Å². The Hall–Kier alpha value is -3.38. The van der Waals surface area contributed by atoms with Crippen LogP contribution in [0.4, 0.5) is 9.59 Å². The van der Waals surface area contributed by atoms with Crippen molar-refractivity contribution < 1.29 is 38.2 Å². The first-order chi connectivity index (χ1) is 21.8. The Bertz CT molecular complexity index is 1180. The van der Waals surface area contributed by atoms with Gasteiger partial charge in [0, 0.05) is 19.6 Å². The van der Waals surface area contributed by atoms with E-state index in [2.05, 4.69) is 35.1 Å². The van der Waals surface area contributed by atoms with Gasteiger partial charge < -0.3 is 35.6 Å². The zero-order valence-electron chi connectivity index (χ0n) is 29.7. The summed E-state index contributed by atoms with van der Waals surface area (Å²) in [6.07, 6.45) is 3.98. The maximum atomic E-state index is 14.3. The Morgan fingerprint density at radius 1 is 0.830 bits per heavy atom. The van der Waals surface area contributed by atoms with Gasteiger partial charge in [-0.2, -0.15) is 0 Å². The molecular weight excluding hydrogens is 606 g/mol. The van der Waals surface area contributed by atoms with Crippen LogP contribution < -0.4 is 21.3 Å². The van der Waals surface area contributed by atoms with Gasteiger partial charge in [-0.25, -0.2) is 9.59 Å². The fourth-order valence-electron chi connectivity index (χ4n) is 6.99. The van der Waals surface area contributed by atoms with Gasteiger partial charge in [0.1, 0.15) is 23.3 Å². The number of piperidine rings is 1. The molecule has 13 heteroatoms.